The number of nitrogen functional groups attached to an aromatic ring is 1. The van der Waals surface area contributed by atoms with Crippen LogP contribution in [0.1, 0.15) is 32.6 Å². The van der Waals surface area contributed by atoms with E-state index >= 15 is 0 Å². The van der Waals surface area contributed by atoms with Crippen molar-refractivity contribution in [2.75, 3.05) is 47.9 Å². The first-order valence-electron chi connectivity index (χ1n) is 25.0. The van der Waals surface area contributed by atoms with Crippen molar-refractivity contribution >= 4 is 105 Å². The second-order valence-corrected chi connectivity index (χ2v) is 25.2. The number of nitrogens with zero attached hydrogens (tertiary/aromatic N) is 10. The summed E-state index contributed by atoms with van der Waals surface area (Å²) in [7, 11) is -7.29. The van der Waals surface area contributed by atoms with E-state index in [-0.39, 0.29) is 27.8 Å². The van der Waals surface area contributed by atoms with Gasteiger partial charge in [0.1, 0.15) is 11.4 Å². The number of amides is 1. The molecule has 2 fully saturated rings. The quantitative estimate of drug-likeness (QED) is 0.0786. The highest BCUT2D eigenvalue weighted by atomic mass is 35.5. The van der Waals surface area contributed by atoms with Crippen molar-refractivity contribution in [3.63, 3.8) is 0 Å². The molecule has 404 valence electrons. The summed E-state index contributed by atoms with van der Waals surface area (Å²) in [5.74, 6) is 0.685. The van der Waals surface area contributed by atoms with Crippen LogP contribution in [0.15, 0.2) is 155 Å². The van der Waals surface area contributed by atoms with E-state index in [4.69, 9.17) is 48.9 Å². The first kappa shape index (κ1) is 53.6. The number of aromatic nitrogens is 8. The highest BCUT2D eigenvalue weighted by Crippen LogP contribution is 2.37. The van der Waals surface area contributed by atoms with Gasteiger partial charge in [-0.25, -0.2) is 46.7 Å². The number of thiazole rings is 2. The van der Waals surface area contributed by atoms with E-state index in [9.17, 15) is 21.6 Å². The lowest BCUT2D eigenvalue weighted by Crippen LogP contribution is -2.45. The number of imidazole rings is 2. The largest absolute Gasteiger partial charge is 0.399 e. The van der Waals surface area contributed by atoms with E-state index in [0.717, 1.165) is 63.1 Å². The molecule has 79 heavy (non-hydrogen) atoms. The van der Waals surface area contributed by atoms with Gasteiger partial charge in [0, 0.05) is 113 Å². The number of piperidine rings is 2. The van der Waals surface area contributed by atoms with Gasteiger partial charge in [0.2, 0.25) is 37.9 Å². The van der Waals surface area contributed by atoms with Gasteiger partial charge in [0.25, 0.3) is 0 Å². The fourth-order valence-electron chi connectivity index (χ4n) is 9.65. The number of rotatable bonds is 13. The van der Waals surface area contributed by atoms with Crippen molar-refractivity contribution in [2.24, 2.45) is 0 Å². The summed E-state index contributed by atoms with van der Waals surface area (Å²) in [6.07, 6.45) is 10.3. The summed E-state index contributed by atoms with van der Waals surface area (Å²) in [5, 5.41) is 14.5. The minimum atomic E-state index is -3.66. The summed E-state index contributed by atoms with van der Waals surface area (Å²) >= 11 is 15.0. The molecule has 12 rings (SSSR count). The van der Waals surface area contributed by atoms with Crippen LogP contribution in [-0.2, 0) is 24.8 Å². The van der Waals surface area contributed by atoms with E-state index in [1.807, 2.05) is 92.6 Å². The Labute approximate surface area is 473 Å². The maximum Gasteiger partial charge on any atom is 0.243 e. The van der Waals surface area contributed by atoms with Crippen LogP contribution >= 0.6 is 45.9 Å². The number of hydrogen-bond donors (Lipinski definition) is 4. The number of benzene rings is 4. The maximum absolute atomic E-state index is 13.3. The predicted molar refractivity (Wildman–Crippen MR) is 311 cm³/mol. The van der Waals surface area contributed by atoms with Crippen LogP contribution in [0.3, 0.4) is 0 Å². The molecular formula is C54H50Cl2N14O5S4. The van der Waals surface area contributed by atoms with Crippen LogP contribution in [0.4, 0.5) is 23.3 Å². The zero-order valence-corrected chi connectivity index (χ0v) is 46.9. The number of nitrogens with two attached hydrogens (primary N) is 1. The molecule has 0 spiro atoms. The molecule has 0 saturated carbocycles. The van der Waals surface area contributed by atoms with Crippen LogP contribution in [0.5, 0.6) is 0 Å². The second kappa shape index (κ2) is 22.8. The smallest absolute Gasteiger partial charge is 0.243 e. The normalized spacial score (nSPS) is 16.3. The number of fused-ring (bicyclic) bond motifs is 2. The fourth-order valence-corrected chi connectivity index (χ4v) is 14.4. The van der Waals surface area contributed by atoms with Crippen LogP contribution in [0.25, 0.3) is 55.2 Å². The molecule has 10 aromatic rings. The molecule has 2 atom stereocenters. The molecule has 0 unspecified atom stereocenters. The van der Waals surface area contributed by atoms with Gasteiger partial charge in [-0.3, -0.25) is 13.6 Å². The zero-order chi connectivity index (χ0) is 54.8. The molecule has 1 amide bonds. The lowest BCUT2D eigenvalue weighted by atomic mass is 10.1. The molecule has 19 nitrogen and oxygen atoms in total. The molecule has 2 aliphatic rings. The Bertz CT molecular complexity index is 4080. The highest BCUT2D eigenvalue weighted by Gasteiger charge is 2.33. The molecule has 2 aliphatic heterocycles. The molecule has 8 heterocycles. The minimum absolute atomic E-state index is 0.138. The third-order valence-corrected chi connectivity index (χ3v) is 19.1. The van der Waals surface area contributed by atoms with Crippen LogP contribution < -0.4 is 21.7 Å². The Morgan fingerprint density at radius 2 is 1.09 bits per heavy atom. The van der Waals surface area contributed by atoms with Crippen LogP contribution in [0.2, 0.25) is 10.0 Å². The topological polar surface area (TPSA) is 240 Å². The summed E-state index contributed by atoms with van der Waals surface area (Å²) in [5.41, 5.74) is 13.6. The van der Waals surface area contributed by atoms with E-state index in [0.29, 0.717) is 77.3 Å². The molecule has 6 aromatic heterocycles. The Kier molecular flexibility index (Phi) is 15.5. The lowest BCUT2D eigenvalue weighted by Gasteiger charge is -2.32. The molecule has 25 heteroatoms. The van der Waals surface area contributed by atoms with Gasteiger partial charge in [-0.15, -0.1) is 22.7 Å². The average molecular weight is 1170 g/mol. The Morgan fingerprint density at radius 3 is 1.56 bits per heavy atom. The maximum atomic E-state index is 13.3. The van der Waals surface area contributed by atoms with Crippen molar-refractivity contribution in [3.05, 3.63) is 155 Å². The van der Waals surface area contributed by atoms with Gasteiger partial charge in [-0.2, -0.15) is 8.61 Å². The second-order valence-electron chi connectivity index (χ2n) is 18.7. The molecule has 4 aromatic carbocycles. The van der Waals surface area contributed by atoms with Crippen molar-refractivity contribution < 1.29 is 21.6 Å². The van der Waals surface area contributed by atoms with Crippen LogP contribution in [-0.4, -0.2) is 108 Å². The van der Waals surface area contributed by atoms with Crippen molar-refractivity contribution in [3.8, 4) is 45.3 Å². The molecular weight excluding hydrogens is 1120 g/mol. The number of sulfonamides is 2. The van der Waals surface area contributed by atoms with Gasteiger partial charge < -0.3 is 21.7 Å². The molecule has 0 bridgehead atoms. The number of carbonyl (C=O) groups is 1. The van der Waals surface area contributed by atoms with Gasteiger partial charge in [-0.05, 0) is 111 Å². The molecule has 0 radical (unpaired) electrons. The third-order valence-electron chi connectivity index (χ3n) is 13.3. The Balaban J connectivity index is 0.000000168. The Morgan fingerprint density at radius 1 is 0.620 bits per heavy atom. The standard InChI is InChI=1S/C28H26ClN7O3S2.C26H24ClN7O2S2/c1-18(37)31-21-5-2-4-19(16-21)25-26(36-14-15-40-28(36)34-25)24-11-12-30-27(33-24)32-22-6-3-13-35(17-22)41(38,39)23-9-7-20(29)8-10-23;27-18-6-8-21(9-7-18)38(35,36)33-12-2-5-20(16-33)30-25-29-11-10-22(31-25)24-23(17-3-1-4-19(28)15-17)32-26-34(24)13-14-37-26/h2,4-5,7-12,14-16,22H,3,6,13,17H2,1H3,(H,31,37)(H,30,32,33);1,3-4,6-11,13-15,20H,2,5,12,16,28H2,(H,29,30,31)/t22-;20-/m11/s1. The van der Waals surface area contributed by atoms with Gasteiger partial charge >= 0.3 is 0 Å². The van der Waals surface area contributed by atoms with E-state index in [1.54, 1.807) is 48.0 Å². The van der Waals surface area contributed by atoms with Crippen molar-refractivity contribution in [1.82, 2.24) is 47.3 Å². The minimum Gasteiger partial charge on any atom is -0.399 e. The van der Waals surface area contributed by atoms with Crippen LogP contribution in [0, 0.1) is 0 Å². The summed E-state index contributed by atoms with van der Waals surface area (Å²) in [6, 6.07) is 31.0. The van der Waals surface area contributed by atoms with E-state index in [1.165, 1.54) is 51.1 Å². The van der Waals surface area contributed by atoms with Gasteiger partial charge in [0.05, 0.1) is 32.6 Å². The zero-order valence-electron chi connectivity index (χ0n) is 42.1. The number of nitrogens with one attached hydrogen (secondary N) is 3. The lowest BCUT2D eigenvalue weighted by molar-refractivity contribution is -0.114. The summed E-state index contributed by atoms with van der Waals surface area (Å²) < 4.78 is 59.9. The molecule has 5 N–H and O–H groups in total. The highest BCUT2D eigenvalue weighted by molar-refractivity contribution is 7.89. The number of hydrogen-bond acceptors (Lipinski definition) is 16. The summed E-state index contributed by atoms with van der Waals surface area (Å²) in [6.45, 7) is 2.98. The predicted octanol–water partition coefficient (Wildman–Crippen LogP) is 10.4. The van der Waals surface area contributed by atoms with E-state index < -0.39 is 20.0 Å². The monoisotopic (exact) mass is 1170 g/mol. The average Bonchev–Trinajstić information content (AvgIpc) is 4.35. The number of halogens is 2. The fraction of sp³-hybridized carbons (Fsp3) is 0.204. The SMILES string of the molecule is CC(=O)Nc1cccc(-c2nc3sccn3c2-c2ccnc(N[C@@H]3CCCN(S(=O)(=O)c4ccc(Cl)cc4)C3)n2)c1.Nc1cccc(-c2nc3sccn3c2-c2ccnc(N[C@@H]3CCCN(S(=O)(=O)c4ccc(Cl)cc4)C3)n2)c1. The van der Waals surface area contributed by atoms with Crippen molar-refractivity contribution in [1.29, 1.82) is 0 Å². The Hall–Kier alpha value is -7.35. The molecule has 2 saturated heterocycles. The van der Waals surface area contributed by atoms with E-state index in [2.05, 4.69) is 25.9 Å². The van der Waals surface area contributed by atoms with Gasteiger partial charge in [0.15, 0.2) is 9.92 Å². The first-order chi connectivity index (χ1) is 38.2. The number of anilines is 4. The molecule has 0 aliphatic carbocycles. The number of carbonyl (C=O) groups excluding carboxylic acids is 1. The van der Waals surface area contributed by atoms with Crippen molar-refractivity contribution in [2.45, 2.75) is 54.5 Å². The third kappa shape index (κ3) is 11.7. The van der Waals surface area contributed by atoms with Gasteiger partial charge in [-0.1, -0.05) is 47.5 Å². The summed E-state index contributed by atoms with van der Waals surface area (Å²) in [4.78, 5) is 41.9. The first-order valence-corrected chi connectivity index (χ1v) is 30.4.